The molecule has 1 aromatic heterocycles. The maximum absolute atomic E-state index is 12.3. The van der Waals surface area contributed by atoms with E-state index in [1.165, 1.54) is 16.9 Å². The number of aryl methyl sites for hydroxylation is 2. The number of hydrogen-bond acceptors (Lipinski definition) is 4. The number of fused-ring (bicyclic) bond motifs is 2. The summed E-state index contributed by atoms with van der Waals surface area (Å²) in [6.07, 6.45) is 1.30. The Balaban J connectivity index is 1.63. The van der Waals surface area contributed by atoms with Crippen LogP contribution in [-0.2, 0) is 24.7 Å². The van der Waals surface area contributed by atoms with Crippen molar-refractivity contribution < 1.29 is 14.3 Å². The van der Waals surface area contributed by atoms with Crippen molar-refractivity contribution in [2.45, 2.75) is 19.8 Å². The number of rotatable bonds is 3. The monoisotopic (exact) mass is 354 g/mol. The van der Waals surface area contributed by atoms with Crippen molar-refractivity contribution >= 4 is 27.5 Å². The Morgan fingerprint density at radius 3 is 2.56 bits per heavy atom. The number of ether oxygens (including phenoxy) is 2. The molecule has 1 aliphatic rings. The van der Waals surface area contributed by atoms with Crippen LogP contribution in [0.4, 0.5) is 0 Å². The molecule has 5 nitrogen and oxygen atoms in total. The van der Waals surface area contributed by atoms with Gasteiger partial charge < -0.3 is 14.0 Å². The Bertz CT molecular complexity index is 1020. The van der Waals surface area contributed by atoms with E-state index in [-0.39, 0.29) is 12.7 Å². The molecule has 4 rings (SSSR count). The smallest absolute Gasteiger partial charge is 0.252 e. The molecular formula is C19H18N2O3S. The van der Waals surface area contributed by atoms with E-state index in [0.29, 0.717) is 11.2 Å². The van der Waals surface area contributed by atoms with Crippen LogP contribution >= 0.6 is 11.3 Å². The summed E-state index contributed by atoms with van der Waals surface area (Å²) in [4.78, 5) is 17.3. The molecule has 6 heteroatoms. The van der Waals surface area contributed by atoms with Crippen LogP contribution in [0.5, 0.6) is 11.5 Å². The summed E-state index contributed by atoms with van der Waals surface area (Å²) in [5.41, 5.74) is 3.23. The average Bonchev–Trinajstić information content (AvgIpc) is 3.18. The topological polar surface area (TPSA) is 52.8 Å². The van der Waals surface area contributed by atoms with E-state index in [2.05, 4.69) is 24.0 Å². The van der Waals surface area contributed by atoms with Gasteiger partial charge in [0.1, 0.15) is 0 Å². The lowest BCUT2D eigenvalue weighted by Crippen LogP contribution is -2.14. The number of carbonyl (C=O) groups is 1. The van der Waals surface area contributed by atoms with E-state index in [1.807, 2.05) is 35.9 Å². The van der Waals surface area contributed by atoms with Crippen molar-refractivity contribution in [3.8, 4) is 11.5 Å². The molecule has 2 aromatic carbocycles. The summed E-state index contributed by atoms with van der Waals surface area (Å²) < 4.78 is 13.8. The minimum absolute atomic E-state index is 0.147. The fraction of sp³-hybridized carbons (Fsp3) is 0.263. The molecule has 3 aromatic rings. The Kier molecular flexibility index (Phi) is 4.05. The first-order valence-electron chi connectivity index (χ1n) is 8.18. The van der Waals surface area contributed by atoms with Gasteiger partial charge in [-0.2, -0.15) is 4.99 Å². The molecule has 1 amide bonds. The number of hydrogen-bond donors (Lipinski definition) is 0. The average molecular weight is 354 g/mol. The normalized spacial score (nSPS) is 13.6. The van der Waals surface area contributed by atoms with Gasteiger partial charge in [-0.25, -0.2) is 0 Å². The van der Waals surface area contributed by atoms with E-state index in [1.54, 1.807) is 0 Å². The van der Waals surface area contributed by atoms with Gasteiger partial charge in [0, 0.05) is 19.2 Å². The molecule has 0 bridgehead atoms. The van der Waals surface area contributed by atoms with Gasteiger partial charge in [0.25, 0.3) is 5.91 Å². The first kappa shape index (κ1) is 15.9. The predicted molar refractivity (Wildman–Crippen MR) is 97.0 cm³/mol. The van der Waals surface area contributed by atoms with Crippen molar-refractivity contribution in [3.05, 3.63) is 52.3 Å². The number of amides is 1. The number of thiazole rings is 1. The molecule has 0 saturated carbocycles. The molecule has 1 aliphatic heterocycles. The van der Waals surface area contributed by atoms with E-state index in [9.17, 15) is 4.79 Å². The van der Waals surface area contributed by atoms with Crippen LogP contribution in [0.2, 0.25) is 0 Å². The summed E-state index contributed by atoms with van der Waals surface area (Å²) in [6, 6.07) is 12.0. The van der Waals surface area contributed by atoms with Crippen molar-refractivity contribution in [2.24, 2.45) is 12.0 Å². The lowest BCUT2D eigenvalue weighted by molar-refractivity contribution is -0.117. The van der Waals surface area contributed by atoms with E-state index >= 15 is 0 Å². The Morgan fingerprint density at radius 1 is 1.16 bits per heavy atom. The second-order valence-electron chi connectivity index (χ2n) is 5.97. The summed E-state index contributed by atoms with van der Waals surface area (Å²) in [5, 5.41) is 0. The molecule has 0 saturated heterocycles. The van der Waals surface area contributed by atoms with Gasteiger partial charge in [-0.3, -0.25) is 4.79 Å². The SMILES string of the molecule is CCc1ccc(CC(=O)N=c2sc3cc4c(cc3n2C)OCO4)cc1. The molecule has 0 N–H and O–H groups in total. The van der Waals surface area contributed by atoms with Crippen LogP contribution < -0.4 is 14.3 Å². The summed E-state index contributed by atoms with van der Waals surface area (Å²) in [6.45, 7) is 2.37. The highest BCUT2D eigenvalue weighted by Crippen LogP contribution is 2.36. The Hall–Kier alpha value is -2.60. The maximum Gasteiger partial charge on any atom is 0.252 e. The second kappa shape index (κ2) is 6.37. The molecule has 0 radical (unpaired) electrons. The van der Waals surface area contributed by atoms with Gasteiger partial charge >= 0.3 is 0 Å². The third-order valence-electron chi connectivity index (χ3n) is 4.31. The van der Waals surface area contributed by atoms with Crippen LogP contribution in [0.1, 0.15) is 18.1 Å². The molecule has 0 spiro atoms. The largest absolute Gasteiger partial charge is 0.454 e. The first-order chi connectivity index (χ1) is 12.1. The van der Waals surface area contributed by atoms with Crippen molar-refractivity contribution in [2.75, 3.05) is 6.79 Å². The Morgan fingerprint density at radius 2 is 1.84 bits per heavy atom. The van der Waals surface area contributed by atoms with Crippen molar-refractivity contribution in [1.29, 1.82) is 0 Å². The van der Waals surface area contributed by atoms with Gasteiger partial charge in [-0.05, 0) is 17.5 Å². The van der Waals surface area contributed by atoms with Gasteiger partial charge in [0.05, 0.1) is 16.6 Å². The molecule has 0 unspecified atom stereocenters. The van der Waals surface area contributed by atoms with Gasteiger partial charge in [0.2, 0.25) is 6.79 Å². The maximum atomic E-state index is 12.3. The van der Waals surface area contributed by atoms with Crippen molar-refractivity contribution in [3.63, 3.8) is 0 Å². The summed E-state index contributed by atoms with van der Waals surface area (Å²) >= 11 is 1.47. The van der Waals surface area contributed by atoms with E-state index in [4.69, 9.17) is 9.47 Å². The second-order valence-corrected chi connectivity index (χ2v) is 6.98. The van der Waals surface area contributed by atoms with Crippen LogP contribution in [0.15, 0.2) is 41.4 Å². The molecule has 128 valence electrons. The van der Waals surface area contributed by atoms with Crippen LogP contribution in [0, 0.1) is 0 Å². The van der Waals surface area contributed by atoms with Crippen LogP contribution in [0.3, 0.4) is 0 Å². The molecular weight excluding hydrogens is 336 g/mol. The highest BCUT2D eigenvalue weighted by molar-refractivity contribution is 7.16. The fourth-order valence-corrected chi connectivity index (χ4v) is 3.88. The van der Waals surface area contributed by atoms with Crippen LogP contribution in [-0.4, -0.2) is 17.3 Å². The Labute approximate surface area is 149 Å². The molecule has 0 fully saturated rings. The summed E-state index contributed by atoms with van der Waals surface area (Å²) in [7, 11) is 1.91. The van der Waals surface area contributed by atoms with Crippen LogP contribution in [0.25, 0.3) is 10.2 Å². The minimum Gasteiger partial charge on any atom is -0.454 e. The van der Waals surface area contributed by atoms with E-state index < -0.39 is 0 Å². The van der Waals surface area contributed by atoms with Gasteiger partial charge in [0.15, 0.2) is 16.3 Å². The number of carbonyl (C=O) groups excluding carboxylic acids is 1. The lowest BCUT2D eigenvalue weighted by Gasteiger charge is -2.00. The highest BCUT2D eigenvalue weighted by atomic mass is 32.1. The number of nitrogens with zero attached hydrogens (tertiary/aromatic N) is 2. The van der Waals surface area contributed by atoms with E-state index in [0.717, 1.165) is 33.7 Å². The molecule has 2 heterocycles. The zero-order valence-electron chi connectivity index (χ0n) is 14.1. The zero-order valence-corrected chi connectivity index (χ0v) is 14.9. The summed E-state index contributed by atoms with van der Waals surface area (Å²) in [5.74, 6) is 1.32. The first-order valence-corrected chi connectivity index (χ1v) is 9.00. The third-order valence-corrected chi connectivity index (χ3v) is 5.41. The molecule has 0 atom stereocenters. The lowest BCUT2D eigenvalue weighted by atomic mass is 10.1. The predicted octanol–water partition coefficient (Wildman–Crippen LogP) is 3.20. The van der Waals surface area contributed by atoms with Gasteiger partial charge in [-0.15, -0.1) is 0 Å². The molecule has 0 aliphatic carbocycles. The minimum atomic E-state index is -0.147. The standard InChI is InChI=1S/C19H18N2O3S/c1-3-12-4-6-13(7-5-12)8-18(22)20-19-21(2)14-9-15-16(24-11-23-15)10-17(14)25-19/h4-7,9-10H,3,8,11H2,1-2H3. The van der Waals surface area contributed by atoms with Gasteiger partial charge in [-0.1, -0.05) is 42.5 Å². The number of aromatic nitrogens is 1. The third kappa shape index (κ3) is 3.05. The zero-order chi connectivity index (χ0) is 17.4. The fourth-order valence-electron chi connectivity index (χ4n) is 2.84. The number of benzene rings is 2. The highest BCUT2D eigenvalue weighted by Gasteiger charge is 2.16. The molecule has 25 heavy (non-hydrogen) atoms. The van der Waals surface area contributed by atoms with Crippen molar-refractivity contribution in [1.82, 2.24) is 4.57 Å². The quantitative estimate of drug-likeness (QED) is 0.726.